The van der Waals surface area contributed by atoms with E-state index in [-0.39, 0.29) is 17.1 Å². The predicted octanol–water partition coefficient (Wildman–Crippen LogP) is 3.14. The quantitative estimate of drug-likeness (QED) is 0.678. The Morgan fingerprint density at radius 3 is 2.35 bits per heavy atom. The fourth-order valence-electron chi connectivity index (χ4n) is 2.04. The Morgan fingerprint density at radius 2 is 1.74 bits per heavy atom. The molecule has 0 heterocycles. The lowest BCUT2D eigenvalue weighted by Crippen LogP contribution is -2.24. The molecule has 0 radical (unpaired) electrons. The number of rotatable bonds is 5. The van der Waals surface area contributed by atoms with Crippen LogP contribution in [0.4, 0.5) is 0 Å². The molecule has 23 heavy (non-hydrogen) atoms. The van der Waals surface area contributed by atoms with E-state index >= 15 is 0 Å². The van der Waals surface area contributed by atoms with Crippen molar-refractivity contribution in [3.8, 4) is 11.5 Å². The zero-order valence-corrected chi connectivity index (χ0v) is 13.2. The van der Waals surface area contributed by atoms with Crippen LogP contribution in [-0.2, 0) is 4.74 Å². The van der Waals surface area contributed by atoms with Crippen molar-refractivity contribution in [1.82, 2.24) is 0 Å². The molecule has 0 aliphatic carbocycles. The van der Waals surface area contributed by atoms with Gasteiger partial charge in [0.05, 0.1) is 7.11 Å². The summed E-state index contributed by atoms with van der Waals surface area (Å²) in [6, 6.07) is 11.2. The van der Waals surface area contributed by atoms with Gasteiger partial charge in [-0.15, -0.1) is 0 Å². The van der Waals surface area contributed by atoms with Gasteiger partial charge in [-0.1, -0.05) is 29.8 Å². The number of aromatic hydroxyl groups is 1. The molecule has 0 saturated heterocycles. The van der Waals surface area contributed by atoms with E-state index in [0.29, 0.717) is 11.3 Å². The number of phenolic OH excluding ortho intramolecular Hbond substituents is 1. The monoisotopic (exact) mass is 314 g/mol. The van der Waals surface area contributed by atoms with Crippen LogP contribution < -0.4 is 4.74 Å². The fraction of sp³-hybridized carbons (Fsp3) is 0.222. The summed E-state index contributed by atoms with van der Waals surface area (Å²) in [5.41, 5.74) is 1.45. The molecule has 2 aromatic carbocycles. The van der Waals surface area contributed by atoms with Crippen molar-refractivity contribution in [3.05, 3.63) is 59.2 Å². The SMILES string of the molecule is COc1ccc(O)c(C(=O)OC(C)C(=O)c2ccc(C)cc2)c1. The lowest BCUT2D eigenvalue weighted by molar-refractivity contribution is 0.0315. The molecule has 0 fully saturated rings. The summed E-state index contributed by atoms with van der Waals surface area (Å²) < 4.78 is 10.2. The summed E-state index contributed by atoms with van der Waals surface area (Å²) >= 11 is 0. The summed E-state index contributed by atoms with van der Waals surface area (Å²) in [6.07, 6.45) is -0.962. The summed E-state index contributed by atoms with van der Waals surface area (Å²) in [7, 11) is 1.45. The number of ether oxygens (including phenoxy) is 2. The molecule has 0 aliphatic heterocycles. The van der Waals surface area contributed by atoms with Gasteiger partial charge in [0.15, 0.2) is 6.10 Å². The molecule has 0 spiro atoms. The second-order valence-corrected chi connectivity index (χ2v) is 5.16. The predicted molar refractivity (Wildman–Crippen MR) is 85.0 cm³/mol. The normalized spacial score (nSPS) is 11.6. The van der Waals surface area contributed by atoms with E-state index in [1.54, 1.807) is 12.1 Å². The molecule has 0 aromatic heterocycles. The Hall–Kier alpha value is -2.82. The topological polar surface area (TPSA) is 72.8 Å². The van der Waals surface area contributed by atoms with Crippen molar-refractivity contribution in [2.24, 2.45) is 0 Å². The van der Waals surface area contributed by atoms with Gasteiger partial charge in [0.1, 0.15) is 17.1 Å². The molecule has 2 aromatic rings. The molecule has 5 nitrogen and oxygen atoms in total. The average Bonchev–Trinajstić information content (AvgIpc) is 2.55. The Labute approximate surface area is 134 Å². The van der Waals surface area contributed by atoms with Crippen LogP contribution in [0.5, 0.6) is 11.5 Å². The number of hydrogen-bond acceptors (Lipinski definition) is 5. The molecule has 1 unspecified atom stereocenters. The van der Waals surface area contributed by atoms with Gasteiger partial charge >= 0.3 is 5.97 Å². The lowest BCUT2D eigenvalue weighted by atomic mass is 10.1. The molecule has 1 N–H and O–H groups in total. The van der Waals surface area contributed by atoms with Crippen molar-refractivity contribution < 1.29 is 24.2 Å². The summed E-state index contributed by atoms with van der Waals surface area (Å²) in [6.45, 7) is 3.42. The molecule has 0 bridgehead atoms. The summed E-state index contributed by atoms with van der Waals surface area (Å²) in [5.74, 6) is -0.909. The summed E-state index contributed by atoms with van der Waals surface area (Å²) in [5, 5.41) is 9.76. The number of carbonyl (C=O) groups is 2. The second kappa shape index (κ2) is 6.96. The largest absolute Gasteiger partial charge is 0.507 e. The van der Waals surface area contributed by atoms with Crippen LogP contribution in [0, 0.1) is 6.92 Å². The van der Waals surface area contributed by atoms with Gasteiger partial charge in [0.25, 0.3) is 0 Å². The number of Topliss-reactive ketones (excluding diaryl/α,β-unsaturated/α-hetero) is 1. The number of hydrogen-bond donors (Lipinski definition) is 1. The first kappa shape index (κ1) is 16.5. The van der Waals surface area contributed by atoms with Crippen LogP contribution in [0.2, 0.25) is 0 Å². The van der Waals surface area contributed by atoms with E-state index in [2.05, 4.69) is 0 Å². The smallest absolute Gasteiger partial charge is 0.342 e. The lowest BCUT2D eigenvalue weighted by Gasteiger charge is -2.13. The molecule has 0 amide bonds. The number of phenols is 1. The highest BCUT2D eigenvalue weighted by molar-refractivity contribution is 6.02. The van der Waals surface area contributed by atoms with E-state index in [1.807, 2.05) is 19.1 Å². The number of benzene rings is 2. The van der Waals surface area contributed by atoms with Crippen molar-refractivity contribution in [2.45, 2.75) is 20.0 Å². The van der Waals surface area contributed by atoms with Gasteiger partial charge in [0.2, 0.25) is 5.78 Å². The van der Waals surface area contributed by atoms with Gasteiger partial charge in [-0.2, -0.15) is 0 Å². The minimum absolute atomic E-state index is 0.0482. The Balaban J connectivity index is 2.13. The molecule has 120 valence electrons. The highest BCUT2D eigenvalue weighted by atomic mass is 16.5. The molecule has 2 rings (SSSR count). The van der Waals surface area contributed by atoms with Crippen molar-refractivity contribution in [1.29, 1.82) is 0 Å². The number of aryl methyl sites for hydroxylation is 1. The first-order valence-electron chi connectivity index (χ1n) is 7.11. The third kappa shape index (κ3) is 3.88. The molecule has 1 atom stereocenters. The average molecular weight is 314 g/mol. The third-order valence-corrected chi connectivity index (χ3v) is 3.41. The first-order chi connectivity index (χ1) is 10.9. The van der Waals surface area contributed by atoms with Gasteiger partial charge in [-0.3, -0.25) is 4.79 Å². The minimum Gasteiger partial charge on any atom is -0.507 e. The Bertz CT molecular complexity index is 719. The van der Waals surface area contributed by atoms with Crippen molar-refractivity contribution in [3.63, 3.8) is 0 Å². The van der Waals surface area contributed by atoms with Gasteiger partial charge in [-0.05, 0) is 32.0 Å². The van der Waals surface area contributed by atoms with Crippen molar-refractivity contribution in [2.75, 3.05) is 7.11 Å². The van der Waals surface area contributed by atoms with E-state index in [0.717, 1.165) is 5.56 Å². The molecule has 0 saturated carbocycles. The van der Waals surface area contributed by atoms with E-state index in [4.69, 9.17) is 9.47 Å². The first-order valence-corrected chi connectivity index (χ1v) is 7.11. The van der Waals surface area contributed by atoms with Crippen molar-refractivity contribution >= 4 is 11.8 Å². The molecular formula is C18H18O5. The zero-order chi connectivity index (χ0) is 17.0. The van der Waals surface area contributed by atoms with Crippen LogP contribution in [0.15, 0.2) is 42.5 Å². The highest BCUT2D eigenvalue weighted by Crippen LogP contribution is 2.24. The van der Waals surface area contributed by atoms with E-state index < -0.39 is 12.1 Å². The van der Waals surface area contributed by atoms with Gasteiger partial charge in [0, 0.05) is 5.56 Å². The Kier molecular flexibility index (Phi) is 5.01. The van der Waals surface area contributed by atoms with Gasteiger partial charge < -0.3 is 14.6 Å². The number of ketones is 1. The zero-order valence-electron chi connectivity index (χ0n) is 13.2. The summed E-state index contributed by atoms with van der Waals surface area (Å²) in [4.78, 5) is 24.4. The van der Waals surface area contributed by atoms with Crippen LogP contribution in [0.3, 0.4) is 0 Å². The minimum atomic E-state index is -0.962. The molecule has 0 aliphatic rings. The number of esters is 1. The molecular weight excluding hydrogens is 296 g/mol. The van der Waals surface area contributed by atoms with Crippen LogP contribution in [0.25, 0.3) is 0 Å². The van der Waals surface area contributed by atoms with Crippen LogP contribution in [-0.4, -0.2) is 30.1 Å². The maximum Gasteiger partial charge on any atom is 0.342 e. The van der Waals surface area contributed by atoms with E-state index in [9.17, 15) is 14.7 Å². The highest BCUT2D eigenvalue weighted by Gasteiger charge is 2.22. The Morgan fingerprint density at radius 1 is 1.09 bits per heavy atom. The number of carbonyl (C=O) groups excluding carboxylic acids is 2. The fourth-order valence-corrected chi connectivity index (χ4v) is 2.04. The maximum atomic E-state index is 12.3. The number of methoxy groups -OCH3 is 1. The second-order valence-electron chi connectivity index (χ2n) is 5.16. The van der Waals surface area contributed by atoms with Crippen LogP contribution in [0.1, 0.15) is 33.2 Å². The van der Waals surface area contributed by atoms with Gasteiger partial charge in [-0.25, -0.2) is 4.79 Å². The molecule has 5 heteroatoms. The van der Waals surface area contributed by atoms with E-state index in [1.165, 1.54) is 32.2 Å². The maximum absolute atomic E-state index is 12.3. The standard InChI is InChI=1S/C18H18O5/c1-11-4-6-13(7-5-11)17(20)12(2)23-18(21)15-10-14(22-3)8-9-16(15)19/h4-10,12,19H,1-3H3. The van der Waals surface area contributed by atoms with Crippen LogP contribution >= 0.6 is 0 Å². The third-order valence-electron chi connectivity index (χ3n) is 3.41.